The van der Waals surface area contributed by atoms with Crippen LogP contribution in [0.2, 0.25) is 0 Å². The lowest BCUT2D eigenvalue weighted by Gasteiger charge is -2.10. The largest absolute Gasteiger partial charge is 0.491 e. The number of pyridine rings is 1. The summed E-state index contributed by atoms with van der Waals surface area (Å²) in [7, 11) is 0. The fourth-order valence-electron chi connectivity index (χ4n) is 2.59. The van der Waals surface area contributed by atoms with Gasteiger partial charge in [-0.25, -0.2) is 0 Å². The first kappa shape index (κ1) is 18.7. The van der Waals surface area contributed by atoms with Gasteiger partial charge in [0.15, 0.2) is 0 Å². The summed E-state index contributed by atoms with van der Waals surface area (Å²) in [5.41, 5.74) is -0.112. The minimum atomic E-state index is -4.48. The van der Waals surface area contributed by atoms with E-state index in [2.05, 4.69) is 10.3 Å². The molecule has 0 aliphatic heterocycles. The second kappa shape index (κ2) is 8.07. The number of alkyl halides is 3. The number of ether oxygens (including phenoxy) is 1. The van der Waals surface area contributed by atoms with E-state index in [-0.39, 0.29) is 12.1 Å². The molecule has 2 aromatic carbocycles. The van der Waals surface area contributed by atoms with Crippen molar-refractivity contribution >= 4 is 16.8 Å². The van der Waals surface area contributed by atoms with Crippen LogP contribution in [0.15, 0.2) is 60.8 Å². The van der Waals surface area contributed by atoms with Crippen LogP contribution in [0.1, 0.15) is 22.3 Å². The Balaban J connectivity index is 1.50. The summed E-state index contributed by atoms with van der Waals surface area (Å²) in [5, 5.41) is 3.56. The zero-order valence-electron chi connectivity index (χ0n) is 14.3. The average molecular weight is 374 g/mol. The maximum Gasteiger partial charge on any atom is 0.416 e. The van der Waals surface area contributed by atoms with Gasteiger partial charge in [0.25, 0.3) is 5.91 Å². The number of nitrogens with one attached hydrogen (secondary N) is 1. The number of carbonyl (C=O) groups is 1. The maximum atomic E-state index is 12.7. The van der Waals surface area contributed by atoms with Gasteiger partial charge in [0, 0.05) is 23.7 Å². The highest BCUT2D eigenvalue weighted by Crippen LogP contribution is 2.29. The highest BCUT2D eigenvalue weighted by molar-refractivity contribution is 5.94. The van der Waals surface area contributed by atoms with Crippen LogP contribution < -0.4 is 10.1 Å². The van der Waals surface area contributed by atoms with Crippen LogP contribution in [0.5, 0.6) is 5.75 Å². The second-order valence-electron chi connectivity index (χ2n) is 5.87. The van der Waals surface area contributed by atoms with E-state index in [4.69, 9.17) is 4.74 Å². The molecule has 3 aromatic rings. The molecule has 0 saturated heterocycles. The van der Waals surface area contributed by atoms with Crippen molar-refractivity contribution in [3.05, 3.63) is 71.9 Å². The highest BCUT2D eigenvalue weighted by Gasteiger charge is 2.30. The maximum absolute atomic E-state index is 12.7. The number of benzene rings is 2. The Morgan fingerprint density at radius 1 is 1.07 bits per heavy atom. The van der Waals surface area contributed by atoms with Gasteiger partial charge in [-0.1, -0.05) is 24.3 Å². The third kappa shape index (κ3) is 4.75. The molecule has 3 rings (SSSR count). The third-order valence-electron chi connectivity index (χ3n) is 3.91. The third-order valence-corrected chi connectivity index (χ3v) is 3.91. The number of hydrogen-bond acceptors (Lipinski definition) is 3. The Kier molecular flexibility index (Phi) is 5.59. The number of carbonyl (C=O) groups excluding carboxylic acids is 1. The molecule has 1 N–H and O–H groups in total. The fraction of sp³-hybridized carbons (Fsp3) is 0.200. The normalized spacial score (nSPS) is 11.4. The summed E-state index contributed by atoms with van der Waals surface area (Å²) < 4.78 is 43.8. The molecule has 0 radical (unpaired) electrons. The number of fused-ring (bicyclic) bond motifs is 1. The molecule has 0 atom stereocenters. The van der Waals surface area contributed by atoms with Crippen LogP contribution in [0.3, 0.4) is 0 Å². The van der Waals surface area contributed by atoms with E-state index in [1.807, 2.05) is 30.3 Å². The van der Waals surface area contributed by atoms with Crippen molar-refractivity contribution in [3.63, 3.8) is 0 Å². The quantitative estimate of drug-likeness (QED) is 0.649. The Morgan fingerprint density at radius 3 is 2.67 bits per heavy atom. The van der Waals surface area contributed by atoms with Gasteiger partial charge >= 0.3 is 6.18 Å². The summed E-state index contributed by atoms with van der Waals surface area (Å²) >= 11 is 0. The van der Waals surface area contributed by atoms with Gasteiger partial charge in [-0.15, -0.1) is 0 Å². The molecule has 0 saturated carbocycles. The molecule has 0 spiro atoms. The Hall–Kier alpha value is -3.09. The van der Waals surface area contributed by atoms with Crippen LogP contribution in [0.4, 0.5) is 13.2 Å². The SMILES string of the molecule is O=C(NCCCOc1cccc2cccnc12)c1cccc(C(F)(F)F)c1. The Bertz CT molecular complexity index is 936. The molecule has 1 aromatic heterocycles. The standard InChI is InChI=1S/C20H17F3N2O2/c21-20(22,23)16-8-1-6-15(13-16)19(26)25-11-4-12-27-17-9-2-5-14-7-3-10-24-18(14)17/h1-3,5-10,13H,4,11-12H2,(H,25,26). The zero-order chi connectivity index (χ0) is 19.3. The molecule has 27 heavy (non-hydrogen) atoms. The highest BCUT2D eigenvalue weighted by atomic mass is 19.4. The second-order valence-corrected chi connectivity index (χ2v) is 5.87. The minimum absolute atomic E-state index is 0.0241. The van der Waals surface area contributed by atoms with Crippen molar-refractivity contribution in [2.24, 2.45) is 0 Å². The predicted molar refractivity (Wildman–Crippen MR) is 95.6 cm³/mol. The molecule has 1 amide bonds. The van der Waals surface area contributed by atoms with Gasteiger partial charge in [-0.05, 0) is 36.8 Å². The van der Waals surface area contributed by atoms with Crippen LogP contribution in [0, 0.1) is 0 Å². The van der Waals surface area contributed by atoms with E-state index in [9.17, 15) is 18.0 Å². The Labute approximate surface area is 154 Å². The van der Waals surface area contributed by atoms with Crippen molar-refractivity contribution in [1.29, 1.82) is 0 Å². The number of para-hydroxylation sites is 1. The van der Waals surface area contributed by atoms with E-state index < -0.39 is 17.6 Å². The Morgan fingerprint density at radius 2 is 1.85 bits per heavy atom. The average Bonchev–Trinajstić information content (AvgIpc) is 2.67. The number of rotatable bonds is 6. The number of amides is 1. The van der Waals surface area contributed by atoms with Gasteiger partial charge in [0.2, 0.25) is 0 Å². The number of nitrogens with zero attached hydrogens (tertiary/aromatic N) is 1. The molecule has 0 aliphatic carbocycles. The summed E-state index contributed by atoms with van der Waals surface area (Å²) in [6.45, 7) is 0.631. The molecule has 0 fully saturated rings. The molecule has 0 aliphatic rings. The van der Waals surface area contributed by atoms with Gasteiger partial charge in [-0.2, -0.15) is 13.2 Å². The van der Waals surface area contributed by atoms with E-state index in [1.54, 1.807) is 6.20 Å². The molecule has 1 heterocycles. The van der Waals surface area contributed by atoms with Crippen LogP contribution in [-0.2, 0) is 6.18 Å². The first-order chi connectivity index (χ1) is 12.9. The van der Waals surface area contributed by atoms with Gasteiger partial charge < -0.3 is 10.1 Å². The van der Waals surface area contributed by atoms with Crippen molar-refractivity contribution in [2.75, 3.05) is 13.2 Å². The molecule has 4 nitrogen and oxygen atoms in total. The van der Waals surface area contributed by atoms with Gasteiger partial charge in [0.1, 0.15) is 11.3 Å². The predicted octanol–water partition coefficient (Wildman–Crippen LogP) is 4.45. The summed E-state index contributed by atoms with van der Waals surface area (Å²) in [5.74, 6) is 0.102. The van der Waals surface area contributed by atoms with E-state index in [1.165, 1.54) is 12.1 Å². The van der Waals surface area contributed by atoms with Gasteiger partial charge in [-0.3, -0.25) is 9.78 Å². The first-order valence-corrected chi connectivity index (χ1v) is 8.37. The minimum Gasteiger partial charge on any atom is -0.491 e. The smallest absolute Gasteiger partial charge is 0.416 e. The molecule has 7 heteroatoms. The molecular weight excluding hydrogens is 357 g/mol. The molecule has 0 unspecified atom stereocenters. The van der Waals surface area contributed by atoms with E-state index in [0.29, 0.717) is 18.8 Å². The van der Waals surface area contributed by atoms with Crippen LogP contribution in [-0.4, -0.2) is 24.0 Å². The van der Waals surface area contributed by atoms with Crippen molar-refractivity contribution in [3.8, 4) is 5.75 Å². The summed E-state index contributed by atoms with van der Waals surface area (Å²) in [6.07, 6.45) is -2.28. The number of aromatic nitrogens is 1. The van der Waals surface area contributed by atoms with Crippen LogP contribution in [0.25, 0.3) is 10.9 Å². The summed E-state index contributed by atoms with van der Waals surface area (Å²) in [4.78, 5) is 16.3. The molecule has 140 valence electrons. The van der Waals surface area contributed by atoms with Crippen molar-refractivity contribution in [1.82, 2.24) is 10.3 Å². The summed E-state index contributed by atoms with van der Waals surface area (Å²) in [6, 6.07) is 13.7. The molecule has 0 bridgehead atoms. The lowest BCUT2D eigenvalue weighted by Crippen LogP contribution is -2.26. The molecular formula is C20H17F3N2O2. The zero-order valence-corrected chi connectivity index (χ0v) is 14.3. The number of hydrogen-bond donors (Lipinski definition) is 1. The van der Waals surface area contributed by atoms with Gasteiger partial charge in [0.05, 0.1) is 12.2 Å². The number of halogens is 3. The lowest BCUT2D eigenvalue weighted by atomic mass is 10.1. The van der Waals surface area contributed by atoms with Crippen molar-refractivity contribution in [2.45, 2.75) is 12.6 Å². The topological polar surface area (TPSA) is 51.2 Å². The first-order valence-electron chi connectivity index (χ1n) is 8.37. The van der Waals surface area contributed by atoms with Crippen LogP contribution >= 0.6 is 0 Å². The lowest BCUT2D eigenvalue weighted by molar-refractivity contribution is -0.137. The monoisotopic (exact) mass is 374 g/mol. The van der Waals surface area contributed by atoms with E-state index in [0.717, 1.165) is 23.0 Å². The fourth-order valence-corrected chi connectivity index (χ4v) is 2.59. The van der Waals surface area contributed by atoms with E-state index >= 15 is 0 Å². The van der Waals surface area contributed by atoms with Crippen molar-refractivity contribution < 1.29 is 22.7 Å².